The van der Waals surface area contributed by atoms with Gasteiger partial charge in [-0.25, -0.2) is 0 Å². The van der Waals surface area contributed by atoms with Crippen LogP contribution in [0.1, 0.15) is 36.5 Å². The minimum absolute atomic E-state index is 0.286. The summed E-state index contributed by atoms with van der Waals surface area (Å²) in [7, 11) is 0. The molecule has 0 amide bonds. The van der Waals surface area contributed by atoms with Gasteiger partial charge >= 0.3 is 0 Å². The van der Waals surface area contributed by atoms with Crippen LogP contribution < -0.4 is 10.5 Å². The van der Waals surface area contributed by atoms with Crippen LogP contribution in [0.25, 0.3) is 0 Å². The van der Waals surface area contributed by atoms with E-state index in [-0.39, 0.29) is 6.42 Å². The number of ether oxygens (including phenoxy) is 1. The number of nitrogens with two attached hydrogens (primary N) is 1. The molecule has 0 fully saturated rings. The Labute approximate surface area is 126 Å². The van der Waals surface area contributed by atoms with Gasteiger partial charge in [-0.3, -0.25) is 0 Å². The molecular formula is C18H20N2O. The smallest absolute Gasteiger partial charge is 0.127 e. The molecule has 2 rings (SSSR count). The van der Waals surface area contributed by atoms with Crippen molar-refractivity contribution in [3.05, 3.63) is 53.1 Å². The maximum absolute atomic E-state index is 8.80. The molecule has 0 saturated heterocycles. The van der Waals surface area contributed by atoms with Crippen LogP contribution in [0.4, 0.5) is 5.69 Å². The highest BCUT2D eigenvalue weighted by atomic mass is 16.5. The number of aryl methyl sites for hydroxylation is 1. The average Bonchev–Trinajstić information content (AvgIpc) is 2.42. The molecule has 0 aliphatic heterocycles. The average molecular weight is 280 g/mol. The summed E-state index contributed by atoms with van der Waals surface area (Å²) in [5.41, 5.74) is 9.80. The van der Waals surface area contributed by atoms with E-state index in [0.717, 1.165) is 11.3 Å². The Kier molecular flexibility index (Phi) is 4.49. The molecule has 3 heteroatoms. The van der Waals surface area contributed by atoms with Crippen LogP contribution in [0.5, 0.6) is 11.5 Å². The van der Waals surface area contributed by atoms with Crippen molar-refractivity contribution in [2.75, 3.05) is 5.73 Å². The number of benzene rings is 2. The number of anilines is 1. The van der Waals surface area contributed by atoms with Gasteiger partial charge in [0.1, 0.15) is 11.5 Å². The molecule has 0 aliphatic rings. The number of hydrogen-bond acceptors (Lipinski definition) is 3. The van der Waals surface area contributed by atoms with E-state index < -0.39 is 0 Å². The molecule has 0 spiro atoms. The highest BCUT2D eigenvalue weighted by Gasteiger charge is 2.07. The van der Waals surface area contributed by atoms with Gasteiger partial charge in [-0.2, -0.15) is 5.26 Å². The Morgan fingerprint density at radius 3 is 2.43 bits per heavy atom. The number of nitrogens with zero attached hydrogens (tertiary/aromatic N) is 1. The first kappa shape index (κ1) is 14.9. The third-order valence-electron chi connectivity index (χ3n) is 3.48. The Hall–Kier alpha value is -2.47. The van der Waals surface area contributed by atoms with Crippen LogP contribution in [0.2, 0.25) is 0 Å². The van der Waals surface area contributed by atoms with Crippen LogP contribution >= 0.6 is 0 Å². The molecule has 0 aromatic heterocycles. The van der Waals surface area contributed by atoms with E-state index in [9.17, 15) is 0 Å². The zero-order chi connectivity index (χ0) is 15.4. The molecule has 3 nitrogen and oxygen atoms in total. The Bertz CT molecular complexity index is 684. The SMILES string of the molecule is Cc1cc(Oc2ccc(N)c(CC#N)c2)ccc1C(C)C. The van der Waals surface area contributed by atoms with E-state index in [4.69, 9.17) is 15.7 Å². The summed E-state index contributed by atoms with van der Waals surface area (Å²) in [5.74, 6) is 1.99. The third kappa shape index (κ3) is 3.55. The van der Waals surface area contributed by atoms with Crippen molar-refractivity contribution < 1.29 is 4.74 Å². The Morgan fingerprint density at radius 2 is 1.81 bits per heavy atom. The minimum Gasteiger partial charge on any atom is -0.457 e. The Morgan fingerprint density at radius 1 is 1.14 bits per heavy atom. The van der Waals surface area contributed by atoms with Crippen molar-refractivity contribution in [1.29, 1.82) is 5.26 Å². The van der Waals surface area contributed by atoms with Crippen LogP contribution in [-0.4, -0.2) is 0 Å². The molecule has 0 bridgehead atoms. The number of rotatable bonds is 4. The molecular weight excluding hydrogens is 260 g/mol. The molecule has 0 atom stereocenters. The summed E-state index contributed by atoms with van der Waals surface area (Å²) < 4.78 is 5.87. The van der Waals surface area contributed by atoms with E-state index in [0.29, 0.717) is 17.4 Å². The van der Waals surface area contributed by atoms with Crippen molar-refractivity contribution in [3.8, 4) is 17.6 Å². The first-order valence-corrected chi connectivity index (χ1v) is 7.05. The van der Waals surface area contributed by atoms with Gasteiger partial charge in [-0.1, -0.05) is 19.9 Å². The Balaban J connectivity index is 2.24. The van der Waals surface area contributed by atoms with E-state index >= 15 is 0 Å². The molecule has 108 valence electrons. The number of nitriles is 1. The highest BCUT2D eigenvalue weighted by Crippen LogP contribution is 2.28. The van der Waals surface area contributed by atoms with Crippen LogP contribution in [0.3, 0.4) is 0 Å². The first-order chi connectivity index (χ1) is 10.0. The molecule has 0 unspecified atom stereocenters. The summed E-state index contributed by atoms with van der Waals surface area (Å²) in [6.07, 6.45) is 0.286. The molecule has 0 heterocycles. The first-order valence-electron chi connectivity index (χ1n) is 7.05. The van der Waals surface area contributed by atoms with Crippen LogP contribution in [-0.2, 0) is 6.42 Å². The highest BCUT2D eigenvalue weighted by molar-refractivity contribution is 5.52. The summed E-state index contributed by atoms with van der Waals surface area (Å²) in [6.45, 7) is 6.44. The largest absolute Gasteiger partial charge is 0.457 e. The summed E-state index contributed by atoms with van der Waals surface area (Å²) in [5, 5.41) is 8.80. The van der Waals surface area contributed by atoms with Gasteiger partial charge in [-0.05, 0) is 59.9 Å². The van der Waals surface area contributed by atoms with Gasteiger partial charge in [-0.15, -0.1) is 0 Å². The van der Waals surface area contributed by atoms with Crippen LogP contribution in [0, 0.1) is 18.3 Å². The van der Waals surface area contributed by atoms with E-state index in [2.05, 4.69) is 32.9 Å². The second-order valence-corrected chi connectivity index (χ2v) is 5.47. The lowest BCUT2D eigenvalue weighted by Crippen LogP contribution is -1.96. The molecule has 21 heavy (non-hydrogen) atoms. The standard InChI is InChI=1S/C18H20N2O/c1-12(2)17-6-4-15(10-13(17)3)21-16-5-7-18(20)14(11-16)8-9-19/h4-7,10-12H,8,20H2,1-3H3. The van der Waals surface area contributed by atoms with Crippen LogP contribution in [0.15, 0.2) is 36.4 Å². The van der Waals surface area contributed by atoms with Gasteiger partial charge in [0.2, 0.25) is 0 Å². The molecule has 2 aromatic carbocycles. The van der Waals surface area contributed by atoms with Gasteiger partial charge in [0.05, 0.1) is 12.5 Å². The fourth-order valence-corrected chi connectivity index (χ4v) is 2.38. The zero-order valence-corrected chi connectivity index (χ0v) is 12.7. The zero-order valence-electron chi connectivity index (χ0n) is 12.7. The maximum Gasteiger partial charge on any atom is 0.127 e. The molecule has 0 saturated carbocycles. The minimum atomic E-state index is 0.286. The number of hydrogen-bond donors (Lipinski definition) is 1. The third-order valence-corrected chi connectivity index (χ3v) is 3.48. The lowest BCUT2D eigenvalue weighted by molar-refractivity contribution is 0.481. The quantitative estimate of drug-likeness (QED) is 0.835. The van der Waals surface area contributed by atoms with Crippen molar-refractivity contribution in [3.63, 3.8) is 0 Å². The predicted octanol–water partition coefficient (Wildman–Crippen LogP) is 4.56. The second kappa shape index (κ2) is 6.32. The van der Waals surface area contributed by atoms with Crippen molar-refractivity contribution in [1.82, 2.24) is 0 Å². The molecule has 2 aromatic rings. The van der Waals surface area contributed by atoms with Crippen molar-refractivity contribution in [2.24, 2.45) is 0 Å². The summed E-state index contributed by atoms with van der Waals surface area (Å²) in [6, 6.07) is 13.6. The lowest BCUT2D eigenvalue weighted by Gasteiger charge is -2.13. The van der Waals surface area contributed by atoms with E-state index in [1.54, 1.807) is 6.07 Å². The topological polar surface area (TPSA) is 59.0 Å². The number of nitrogen functional groups attached to an aromatic ring is 1. The lowest BCUT2D eigenvalue weighted by atomic mass is 9.98. The fraction of sp³-hybridized carbons (Fsp3) is 0.278. The predicted molar refractivity (Wildman–Crippen MR) is 85.5 cm³/mol. The van der Waals surface area contributed by atoms with Gasteiger partial charge in [0.25, 0.3) is 0 Å². The fourth-order valence-electron chi connectivity index (χ4n) is 2.38. The maximum atomic E-state index is 8.80. The normalized spacial score (nSPS) is 10.4. The van der Waals surface area contributed by atoms with E-state index in [1.165, 1.54) is 11.1 Å². The van der Waals surface area contributed by atoms with Crippen molar-refractivity contribution in [2.45, 2.75) is 33.1 Å². The van der Waals surface area contributed by atoms with Crippen molar-refractivity contribution >= 4 is 5.69 Å². The monoisotopic (exact) mass is 280 g/mol. The molecule has 0 aliphatic carbocycles. The summed E-state index contributed by atoms with van der Waals surface area (Å²) in [4.78, 5) is 0. The molecule has 2 N–H and O–H groups in total. The molecule has 0 radical (unpaired) electrons. The second-order valence-electron chi connectivity index (χ2n) is 5.47. The van der Waals surface area contributed by atoms with Gasteiger partial charge < -0.3 is 10.5 Å². The van der Waals surface area contributed by atoms with Gasteiger partial charge in [0, 0.05) is 5.69 Å². The van der Waals surface area contributed by atoms with E-state index in [1.807, 2.05) is 24.3 Å². The summed E-state index contributed by atoms with van der Waals surface area (Å²) >= 11 is 0. The van der Waals surface area contributed by atoms with Gasteiger partial charge in [0.15, 0.2) is 0 Å².